The lowest BCUT2D eigenvalue weighted by atomic mass is 9.86. The fourth-order valence-corrected chi connectivity index (χ4v) is 2.96. The van der Waals surface area contributed by atoms with Crippen LogP contribution in [-0.4, -0.2) is 36.0 Å². The molecule has 21 heavy (non-hydrogen) atoms. The molecule has 114 valence electrons. The van der Waals surface area contributed by atoms with Crippen LogP contribution in [0.2, 0.25) is 0 Å². The van der Waals surface area contributed by atoms with Crippen LogP contribution in [0, 0.1) is 0 Å². The van der Waals surface area contributed by atoms with Gasteiger partial charge in [-0.15, -0.1) is 0 Å². The van der Waals surface area contributed by atoms with Crippen molar-refractivity contribution in [3.05, 3.63) is 35.4 Å². The lowest BCUT2D eigenvalue weighted by Gasteiger charge is -2.20. The van der Waals surface area contributed by atoms with E-state index in [1.807, 2.05) is 17.0 Å². The van der Waals surface area contributed by atoms with E-state index in [9.17, 15) is 4.79 Å². The maximum atomic E-state index is 12.6. The molecule has 1 atom stereocenters. The molecule has 1 saturated carbocycles. The molecule has 3 nitrogen and oxygen atoms in total. The Bertz CT molecular complexity index is 511. The molecule has 1 aliphatic heterocycles. The van der Waals surface area contributed by atoms with Gasteiger partial charge in [0.25, 0.3) is 5.91 Å². The van der Waals surface area contributed by atoms with Crippen molar-refractivity contribution < 1.29 is 4.79 Å². The normalized spacial score (nSPS) is 22.6. The number of amides is 1. The predicted molar refractivity (Wildman–Crippen MR) is 85.6 cm³/mol. The van der Waals surface area contributed by atoms with Gasteiger partial charge in [0.2, 0.25) is 0 Å². The predicted octanol–water partition coefficient (Wildman–Crippen LogP) is 2.95. The van der Waals surface area contributed by atoms with E-state index in [0.717, 1.165) is 31.1 Å². The molecule has 3 rings (SSSR count). The summed E-state index contributed by atoms with van der Waals surface area (Å²) in [4.78, 5) is 14.5. The van der Waals surface area contributed by atoms with E-state index in [-0.39, 0.29) is 11.3 Å². The molecule has 1 saturated heterocycles. The van der Waals surface area contributed by atoms with Crippen molar-refractivity contribution in [2.24, 2.45) is 0 Å². The summed E-state index contributed by atoms with van der Waals surface area (Å²) in [5.41, 5.74) is 2.22. The molecule has 1 heterocycles. The molecule has 1 aromatic rings. The van der Waals surface area contributed by atoms with Crippen molar-refractivity contribution in [3.63, 3.8) is 0 Å². The van der Waals surface area contributed by atoms with Gasteiger partial charge in [-0.3, -0.25) is 4.79 Å². The number of nitrogens with zero attached hydrogens (tertiary/aromatic N) is 1. The van der Waals surface area contributed by atoms with E-state index < -0.39 is 0 Å². The Labute approximate surface area is 127 Å². The second kappa shape index (κ2) is 5.45. The van der Waals surface area contributed by atoms with Crippen LogP contribution in [0.4, 0.5) is 0 Å². The smallest absolute Gasteiger partial charge is 0.253 e. The second-order valence-electron chi connectivity index (χ2n) is 7.51. The van der Waals surface area contributed by atoms with Gasteiger partial charge >= 0.3 is 0 Å². The monoisotopic (exact) mass is 286 g/mol. The number of likely N-dealkylation sites (tertiary alicyclic amines) is 1. The Balaban J connectivity index is 1.62. The van der Waals surface area contributed by atoms with Crippen LogP contribution in [0.15, 0.2) is 24.3 Å². The molecule has 3 heteroatoms. The van der Waals surface area contributed by atoms with Crippen LogP contribution in [0.1, 0.15) is 56.0 Å². The lowest BCUT2D eigenvalue weighted by molar-refractivity contribution is 0.0789. The molecule has 1 N–H and O–H groups in total. The summed E-state index contributed by atoms with van der Waals surface area (Å²) < 4.78 is 0. The standard InChI is InChI=1S/C18H26N2O/c1-18(2,3)14-6-4-13(5-7-14)17(21)20-11-10-16(12-20)19-15-8-9-15/h4-7,15-16,19H,8-12H2,1-3H3/t16-/m0/s1. The maximum Gasteiger partial charge on any atom is 0.253 e. The van der Waals surface area contributed by atoms with Crippen LogP contribution in [0.3, 0.4) is 0 Å². The minimum Gasteiger partial charge on any atom is -0.337 e. The van der Waals surface area contributed by atoms with Crippen LogP contribution in [0.25, 0.3) is 0 Å². The maximum absolute atomic E-state index is 12.6. The van der Waals surface area contributed by atoms with Crippen molar-refractivity contribution in [2.45, 2.75) is 57.5 Å². The van der Waals surface area contributed by atoms with Crippen molar-refractivity contribution >= 4 is 5.91 Å². The highest BCUT2D eigenvalue weighted by atomic mass is 16.2. The highest BCUT2D eigenvalue weighted by Gasteiger charge is 2.31. The molecule has 0 spiro atoms. The second-order valence-corrected chi connectivity index (χ2v) is 7.51. The van der Waals surface area contributed by atoms with Gasteiger partial charge in [0.05, 0.1) is 0 Å². The Morgan fingerprint density at radius 2 is 1.76 bits per heavy atom. The van der Waals surface area contributed by atoms with Gasteiger partial charge < -0.3 is 10.2 Å². The first-order chi connectivity index (χ1) is 9.93. The number of hydrogen-bond acceptors (Lipinski definition) is 2. The van der Waals surface area contributed by atoms with Crippen LogP contribution < -0.4 is 5.32 Å². The first-order valence-electron chi connectivity index (χ1n) is 8.09. The molecule has 1 aliphatic carbocycles. The first kappa shape index (κ1) is 14.6. The zero-order chi connectivity index (χ0) is 15.0. The van der Waals surface area contributed by atoms with Gasteiger partial charge in [-0.2, -0.15) is 0 Å². The number of benzene rings is 1. The lowest BCUT2D eigenvalue weighted by Crippen LogP contribution is -2.36. The third-order valence-electron chi connectivity index (χ3n) is 4.52. The number of nitrogens with one attached hydrogen (secondary N) is 1. The summed E-state index contributed by atoms with van der Waals surface area (Å²) in [5, 5.41) is 3.62. The van der Waals surface area contributed by atoms with E-state index >= 15 is 0 Å². The molecule has 0 unspecified atom stereocenters. The fourth-order valence-electron chi connectivity index (χ4n) is 2.96. The molecule has 2 aliphatic rings. The summed E-state index contributed by atoms with van der Waals surface area (Å²) in [7, 11) is 0. The minimum absolute atomic E-state index is 0.133. The van der Waals surface area contributed by atoms with Gasteiger partial charge in [0.1, 0.15) is 0 Å². The molecule has 1 amide bonds. The number of hydrogen-bond donors (Lipinski definition) is 1. The number of rotatable bonds is 3. The summed E-state index contributed by atoms with van der Waals surface area (Å²) in [6.45, 7) is 8.32. The largest absolute Gasteiger partial charge is 0.337 e. The number of carbonyl (C=O) groups excluding carboxylic acids is 1. The van der Waals surface area contributed by atoms with Crippen LogP contribution in [-0.2, 0) is 5.41 Å². The Kier molecular flexibility index (Phi) is 3.78. The first-order valence-corrected chi connectivity index (χ1v) is 8.09. The number of carbonyl (C=O) groups is 1. The summed E-state index contributed by atoms with van der Waals surface area (Å²) in [6.07, 6.45) is 3.69. The van der Waals surface area contributed by atoms with Crippen molar-refractivity contribution in [1.29, 1.82) is 0 Å². The van der Waals surface area contributed by atoms with E-state index in [1.165, 1.54) is 18.4 Å². The molecule has 0 bridgehead atoms. The Morgan fingerprint density at radius 1 is 1.10 bits per heavy atom. The Hall–Kier alpha value is -1.35. The average Bonchev–Trinajstić information content (AvgIpc) is 3.13. The highest BCUT2D eigenvalue weighted by Crippen LogP contribution is 2.24. The molecule has 1 aromatic carbocycles. The molecule has 0 radical (unpaired) electrons. The van der Waals surface area contributed by atoms with Gasteiger partial charge in [-0.1, -0.05) is 32.9 Å². The highest BCUT2D eigenvalue weighted by molar-refractivity contribution is 5.94. The van der Waals surface area contributed by atoms with Crippen molar-refractivity contribution in [1.82, 2.24) is 10.2 Å². The van der Waals surface area contributed by atoms with Crippen LogP contribution in [0.5, 0.6) is 0 Å². The fraction of sp³-hybridized carbons (Fsp3) is 0.611. The third-order valence-corrected chi connectivity index (χ3v) is 4.52. The zero-order valence-electron chi connectivity index (χ0n) is 13.4. The van der Waals surface area contributed by atoms with Crippen molar-refractivity contribution in [3.8, 4) is 0 Å². The summed E-state index contributed by atoms with van der Waals surface area (Å²) >= 11 is 0. The Morgan fingerprint density at radius 3 is 2.33 bits per heavy atom. The molecular weight excluding hydrogens is 260 g/mol. The minimum atomic E-state index is 0.133. The third kappa shape index (κ3) is 3.46. The van der Waals surface area contributed by atoms with E-state index in [0.29, 0.717) is 6.04 Å². The SMILES string of the molecule is CC(C)(C)c1ccc(C(=O)N2CC[C@H](NC3CC3)C2)cc1. The van der Waals surface area contributed by atoms with Gasteiger partial charge in [0.15, 0.2) is 0 Å². The zero-order valence-corrected chi connectivity index (χ0v) is 13.4. The van der Waals surface area contributed by atoms with E-state index in [4.69, 9.17) is 0 Å². The van der Waals surface area contributed by atoms with Crippen molar-refractivity contribution in [2.75, 3.05) is 13.1 Å². The van der Waals surface area contributed by atoms with E-state index in [1.54, 1.807) is 0 Å². The van der Waals surface area contributed by atoms with Gasteiger partial charge in [-0.25, -0.2) is 0 Å². The van der Waals surface area contributed by atoms with Gasteiger partial charge in [-0.05, 0) is 42.4 Å². The van der Waals surface area contributed by atoms with E-state index in [2.05, 4.69) is 38.2 Å². The summed E-state index contributed by atoms with van der Waals surface area (Å²) in [5.74, 6) is 0.176. The van der Waals surface area contributed by atoms with Gasteiger partial charge in [0, 0.05) is 30.7 Å². The quantitative estimate of drug-likeness (QED) is 0.926. The molecular formula is C18H26N2O. The van der Waals surface area contributed by atoms with Crippen LogP contribution >= 0.6 is 0 Å². The summed E-state index contributed by atoms with van der Waals surface area (Å²) in [6, 6.07) is 9.34. The molecule has 2 fully saturated rings. The topological polar surface area (TPSA) is 32.3 Å². The average molecular weight is 286 g/mol. The molecule has 0 aromatic heterocycles.